The molecule has 0 atom stereocenters. The summed E-state index contributed by atoms with van der Waals surface area (Å²) in [6.07, 6.45) is 1.39. The molecule has 0 aliphatic carbocycles. The van der Waals surface area contributed by atoms with Crippen LogP contribution in [0.15, 0.2) is 9.05 Å². The van der Waals surface area contributed by atoms with Gasteiger partial charge >= 0.3 is 0 Å². The van der Waals surface area contributed by atoms with Gasteiger partial charge in [-0.1, -0.05) is 10.3 Å². The Balaban J connectivity index is 1.99. The number of hydrogen-bond donors (Lipinski definition) is 0. The standard InChI is InChI=1S/C13H14N6O2/c1-9-16-11(20-18-9)3-5-13(7-14,8-15)6-4-12-17-10(2)19-21-12/h3-6H2,1-2H3. The third kappa shape index (κ3) is 3.63. The Morgan fingerprint density at radius 3 is 1.62 bits per heavy atom. The van der Waals surface area contributed by atoms with Crippen molar-refractivity contribution in [3.63, 3.8) is 0 Å². The Kier molecular flexibility index (Phi) is 4.29. The van der Waals surface area contributed by atoms with Crippen LogP contribution >= 0.6 is 0 Å². The number of aryl methyl sites for hydroxylation is 4. The predicted molar refractivity (Wildman–Crippen MR) is 68.4 cm³/mol. The summed E-state index contributed by atoms with van der Waals surface area (Å²) in [5.74, 6) is 1.92. The maximum atomic E-state index is 9.34. The van der Waals surface area contributed by atoms with E-state index in [1.165, 1.54) is 0 Å². The molecule has 0 aliphatic heterocycles. The fraction of sp³-hybridized carbons (Fsp3) is 0.538. The first-order chi connectivity index (χ1) is 10.1. The van der Waals surface area contributed by atoms with Gasteiger partial charge in [0.05, 0.1) is 12.1 Å². The zero-order valence-electron chi connectivity index (χ0n) is 11.8. The molecule has 2 rings (SSSR count). The molecule has 0 saturated heterocycles. The first-order valence-corrected chi connectivity index (χ1v) is 6.48. The van der Waals surface area contributed by atoms with E-state index in [0.29, 0.717) is 49.1 Å². The van der Waals surface area contributed by atoms with Gasteiger partial charge < -0.3 is 9.05 Å². The molecular weight excluding hydrogens is 272 g/mol. The maximum Gasteiger partial charge on any atom is 0.226 e. The zero-order valence-corrected chi connectivity index (χ0v) is 11.8. The van der Waals surface area contributed by atoms with Gasteiger partial charge in [-0.25, -0.2) is 0 Å². The second kappa shape index (κ2) is 6.14. The van der Waals surface area contributed by atoms with Crippen molar-refractivity contribution in [1.82, 2.24) is 20.3 Å². The summed E-state index contributed by atoms with van der Waals surface area (Å²) in [4.78, 5) is 8.13. The molecule has 108 valence electrons. The van der Waals surface area contributed by atoms with Crippen molar-refractivity contribution in [2.24, 2.45) is 5.41 Å². The van der Waals surface area contributed by atoms with Gasteiger partial charge in [0.2, 0.25) is 11.8 Å². The highest BCUT2D eigenvalue weighted by Crippen LogP contribution is 2.28. The molecule has 2 aromatic rings. The molecule has 21 heavy (non-hydrogen) atoms. The molecule has 2 aromatic heterocycles. The zero-order chi connectivity index (χ0) is 15.3. The van der Waals surface area contributed by atoms with E-state index < -0.39 is 5.41 Å². The van der Waals surface area contributed by atoms with Crippen LogP contribution in [0.25, 0.3) is 0 Å². The van der Waals surface area contributed by atoms with Gasteiger partial charge in [0.1, 0.15) is 5.41 Å². The predicted octanol–water partition coefficient (Wildman–Crippen LogP) is 1.67. The Labute approximate surface area is 121 Å². The van der Waals surface area contributed by atoms with Gasteiger partial charge in [-0.3, -0.25) is 0 Å². The topological polar surface area (TPSA) is 125 Å². The second-order valence-electron chi connectivity index (χ2n) is 4.78. The quantitative estimate of drug-likeness (QED) is 0.784. The van der Waals surface area contributed by atoms with Crippen LogP contribution in [0.1, 0.15) is 36.3 Å². The Morgan fingerprint density at radius 2 is 1.33 bits per heavy atom. The van der Waals surface area contributed by atoms with E-state index in [0.717, 1.165) is 0 Å². The molecule has 8 heteroatoms. The summed E-state index contributed by atoms with van der Waals surface area (Å²) in [5.41, 5.74) is -1.13. The fourth-order valence-corrected chi connectivity index (χ4v) is 1.90. The van der Waals surface area contributed by atoms with Gasteiger partial charge in [-0.15, -0.1) is 0 Å². The van der Waals surface area contributed by atoms with Gasteiger partial charge in [-0.05, 0) is 26.7 Å². The van der Waals surface area contributed by atoms with Crippen LogP contribution in [-0.4, -0.2) is 20.3 Å². The van der Waals surface area contributed by atoms with Crippen molar-refractivity contribution in [2.45, 2.75) is 39.5 Å². The third-order valence-corrected chi connectivity index (χ3v) is 3.10. The number of aromatic nitrogens is 4. The van der Waals surface area contributed by atoms with Crippen molar-refractivity contribution < 1.29 is 9.05 Å². The smallest absolute Gasteiger partial charge is 0.226 e. The van der Waals surface area contributed by atoms with Crippen molar-refractivity contribution in [3.05, 3.63) is 23.4 Å². The van der Waals surface area contributed by atoms with E-state index in [2.05, 4.69) is 32.4 Å². The lowest BCUT2D eigenvalue weighted by Gasteiger charge is -2.15. The Bertz CT molecular complexity index is 630. The van der Waals surface area contributed by atoms with Gasteiger partial charge in [0.15, 0.2) is 11.6 Å². The maximum absolute atomic E-state index is 9.34. The second-order valence-corrected chi connectivity index (χ2v) is 4.78. The molecule has 0 fully saturated rings. The van der Waals surface area contributed by atoms with Gasteiger partial charge in [0, 0.05) is 12.8 Å². The van der Waals surface area contributed by atoms with Crippen molar-refractivity contribution in [3.8, 4) is 12.1 Å². The van der Waals surface area contributed by atoms with Crippen LogP contribution in [0, 0.1) is 41.9 Å². The average Bonchev–Trinajstić information content (AvgIpc) is 3.09. The van der Waals surface area contributed by atoms with E-state index in [4.69, 9.17) is 9.05 Å². The molecular formula is C13H14N6O2. The molecule has 0 saturated carbocycles. The van der Waals surface area contributed by atoms with Crippen molar-refractivity contribution >= 4 is 0 Å². The Morgan fingerprint density at radius 1 is 0.905 bits per heavy atom. The summed E-state index contributed by atoms with van der Waals surface area (Å²) in [5, 5.41) is 26.0. The molecule has 0 N–H and O–H groups in total. The molecule has 0 radical (unpaired) electrons. The fourth-order valence-electron chi connectivity index (χ4n) is 1.90. The number of nitrogens with zero attached hydrogens (tertiary/aromatic N) is 6. The van der Waals surface area contributed by atoms with Gasteiger partial charge in [-0.2, -0.15) is 20.5 Å². The summed E-state index contributed by atoms with van der Waals surface area (Å²) in [6.45, 7) is 3.43. The molecule has 0 amide bonds. The first-order valence-electron chi connectivity index (χ1n) is 6.48. The van der Waals surface area contributed by atoms with E-state index in [1.54, 1.807) is 13.8 Å². The summed E-state index contributed by atoms with van der Waals surface area (Å²) in [7, 11) is 0. The molecule has 0 aliphatic rings. The van der Waals surface area contributed by atoms with Gasteiger partial charge in [0.25, 0.3) is 0 Å². The van der Waals surface area contributed by atoms with Crippen LogP contribution in [0.2, 0.25) is 0 Å². The van der Waals surface area contributed by atoms with Crippen LogP contribution < -0.4 is 0 Å². The lowest BCUT2D eigenvalue weighted by Crippen LogP contribution is -2.18. The highest BCUT2D eigenvalue weighted by atomic mass is 16.5. The molecule has 2 heterocycles. The molecule has 0 unspecified atom stereocenters. The first kappa shape index (κ1) is 14.7. The third-order valence-electron chi connectivity index (χ3n) is 3.10. The van der Waals surface area contributed by atoms with Crippen LogP contribution in [0.5, 0.6) is 0 Å². The summed E-state index contributed by atoms with van der Waals surface area (Å²) in [6, 6.07) is 4.16. The SMILES string of the molecule is Cc1noc(CCC(C#N)(C#N)CCc2nc(C)no2)n1. The number of nitriles is 2. The van der Waals surface area contributed by atoms with E-state index in [1.807, 2.05) is 0 Å². The average molecular weight is 286 g/mol. The van der Waals surface area contributed by atoms with E-state index in [9.17, 15) is 10.5 Å². The minimum absolute atomic E-state index is 0.314. The molecule has 0 bridgehead atoms. The largest absolute Gasteiger partial charge is 0.339 e. The van der Waals surface area contributed by atoms with Crippen molar-refractivity contribution in [2.75, 3.05) is 0 Å². The highest BCUT2D eigenvalue weighted by Gasteiger charge is 2.31. The van der Waals surface area contributed by atoms with Crippen molar-refractivity contribution in [1.29, 1.82) is 10.5 Å². The molecule has 0 spiro atoms. The Hall–Kier alpha value is -2.74. The molecule has 8 nitrogen and oxygen atoms in total. The monoisotopic (exact) mass is 286 g/mol. The molecule has 0 aromatic carbocycles. The van der Waals surface area contributed by atoms with E-state index >= 15 is 0 Å². The van der Waals surface area contributed by atoms with Crippen LogP contribution in [-0.2, 0) is 12.8 Å². The van der Waals surface area contributed by atoms with Crippen LogP contribution in [0.4, 0.5) is 0 Å². The van der Waals surface area contributed by atoms with Crippen LogP contribution in [0.3, 0.4) is 0 Å². The minimum atomic E-state index is -1.13. The summed E-state index contributed by atoms with van der Waals surface area (Å²) < 4.78 is 9.99. The normalized spacial score (nSPS) is 11.0. The number of hydrogen-bond acceptors (Lipinski definition) is 8. The highest BCUT2D eigenvalue weighted by molar-refractivity contribution is 5.14. The number of rotatable bonds is 6. The minimum Gasteiger partial charge on any atom is -0.339 e. The lowest BCUT2D eigenvalue weighted by atomic mass is 9.82. The van der Waals surface area contributed by atoms with E-state index in [-0.39, 0.29) is 0 Å². The lowest BCUT2D eigenvalue weighted by molar-refractivity contribution is 0.332. The summed E-state index contributed by atoms with van der Waals surface area (Å²) >= 11 is 0.